The molecule has 2 rings (SSSR count). The Hall–Kier alpha value is -1.76. The average Bonchev–Trinajstić information content (AvgIpc) is 2.58. The molecule has 0 aliphatic carbocycles. The minimum absolute atomic E-state index is 0.00787. The highest BCUT2D eigenvalue weighted by atomic mass is 127. The summed E-state index contributed by atoms with van der Waals surface area (Å²) in [4.78, 5) is 14.4. The van der Waals surface area contributed by atoms with E-state index >= 15 is 0 Å². The van der Waals surface area contributed by atoms with Gasteiger partial charge in [-0.3, -0.25) is 4.79 Å². The first kappa shape index (κ1) is 18.6. The molecule has 0 unspecified atom stereocenters. The van der Waals surface area contributed by atoms with E-state index in [4.69, 9.17) is 4.74 Å². The third kappa shape index (κ3) is 5.12. The Morgan fingerprint density at radius 2 is 1.92 bits per heavy atom. The van der Waals surface area contributed by atoms with E-state index in [1.807, 2.05) is 56.4 Å². The first-order valence-corrected chi connectivity index (χ1v) is 8.98. The molecule has 1 N–H and O–H groups in total. The molecule has 0 spiro atoms. The topological polar surface area (TPSA) is 41.6 Å². The Morgan fingerprint density at radius 3 is 2.54 bits per heavy atom. The van der Waals surface area contributed by atoms with Gasteiger partial charge in [-0.05, 0) is 72.3 Å². The molecule has 0 aromatic heterocycles. The SMILES string of the molecule is COc1ccc(N(C)CCCNC(=O)c2ccc(C)cc2I)cc1. The quantitative estimate of drug-likeness (QED) is 0.528. The number of anilines is 1. The van der Waals surface area contributed by atoms with Crippen LogP contribution in [0.15, 0.2) is 42.5 Å². The molecule has 0 heterocycles. The van der Waals surface area contributed by atoms with E-state index < -0.39 is 0 Å². The number of hydrogen-bond donors (Lipinski definition) is 1. The van der Waals surface area contributed by atoms with Crippen molar-refractivity contribution >= 4 is 34.2 Å². The van der Waals surface area contributed by atoms with Crippen LogP contribution in [0.3, 0.4) is 0 Å². The predicted octanol–water partition coefficient (Wildman–Crippen LogP) is 3.86. The number of carbonyl (C=O) groups excluding carboxylic acids is 1. The minimum atomic E-state index is -0.00787. The maximum absolute atomic E-state index is 12.2. The number of ether oxygens (including phenoxy) is 1. The van der Waals surface area contributed by atoms with Gasteiger partial charge in [0.25, 0.3) is 5.91 Å². The fourth-order valence-corrected chi connectivity index (χ4v) is 3.30. The lowest BCUT2D eigenvalue weighted by atomic mass is 10.1. The van der Waals surface area contributed by atoms with Crippen molar-refractivity contribution in [1.82, 2.24) is 5.32 Å². The molecule has 0 saturated carbocycles. The zero-order valence-corrected chi connectivity index (χ0v) is 16.5. The van der Waals surface area contributed by atoms with Crippen LogP contribution in [0.25, 0.3) is 0 Å². The Kier molecular flexibility index (Phi) is 6.90. The van der Waals surface area contributed by atoms with Crippen molar-refractivity contribution in [3.05, 3.63) is 57.2 Å². The first-order chi connectivity index (χ1) is 11.5. The zero-order valence-electron chi connectivity index (χ0n) is 14.3. The zero-order chi connectivity index (χ0) is 17.5. The Balaban J connectivity index is 1.78. The van der Waals surface area contributed by atoms with Gasteiger partial charge in [-0.25, -0.2) is 0 Å². The van der Waals surface area contributed by atoms with Gasteiger partial charge in [-0.1, -0.05) is 11.6 Å². The van der Waals surface area contributed by atoms with Crippen LogP contribution < -0.4 is 15.0 Å². The van der Waals surface area contributed by atoms with E-state index in [9.17, 15) is 4.79 Å². The molecule has 0 saturated heterocycles. The fraction of sp³-hybridized carbons (Fsp3) is 0.316. The third-order valence-electron chi connectivity index (χ3n) is 3.84. The summed E-state index contributed by atoms with van der Waals surface area (Å²) in [6, 6.07) is 13.8. The number of aryl methyl sites for hydroxylation is 1. The molecule has 128 valence electrons. The number of halogens is 1. The maximum Gasteiger partial charge on any atom is 0.252 e. The van der Waals surface area contributed by atoms with Gasteiger partial charge in [0.1, 0.15) is 5.75 Å². The average molecular weight is 438 g/mol. The van der Waals surface area contributed by atoms with Crippen LogP contribution in [0.5, 0.6) is 5.75 Å². The lowest BCUT2D eigenvalue weighted by Crippen LogP contribution is -2.28. The largest absolute Gasteiger partial charge is 0.497 e. The number of nitrogens with one attached hydrogen (secondary N) is 1. The van der Waals surface area contributed by atoms with Crippen LogP contribution in [0.2, 0.25) is 0 Å². The summed E-state index contributed by atoms with van der Waals surface area (Å²) in [6.07, 6.45) is 0.886. The van der Waals surface area contributed by atoms with Crippen LogP contribution in [0.1, 0.15) is 22.3 Å². The molecule has 2 aromatic carbocycles. The summed E-state index contributed by atoms with van der Waals surface area (Å²) >= 11 is 2.21. The first-order valence-electron chi connectivity index (χ1n) is 7.91. The highest BCUT2D eigenvalue weighted by Crippen LogP contribution is 2.18. The number of methoxy groups -OCH3 is 1. The fourth-order valence-electron chi connectivity index (χ4n) is 2.38. The van der Waals surface area contributed by atoms with Crippen molar-refractivity contribution in [3.8, 4) is 5.75 Å². The van der Waals surface area contributed by atoms with Crippen molar-refractivity contribution in [2.75, 3.05) is 32.1 Å². The third-order valence-corrected chi connectivity index (χ3v) is 4.73. The lowest BCUT2D eigenvalue weighted by molar-refractivity contribution is 0.0952. The van der Waals surface area contributed by atoms with Gasteiger partial charge in [-0.2, -0.15) is 0 Å². The van der Waals surface area contributed by atoms with Crippen molar-refractivity contribution < 1.29 is 9.53 Å². The summed E-state index contributed by atoms with van der Waals surface area (Å²) in [5.74, 6) is 0.846. The lowest BCUT2D eigenvalue weighted by Gasteiger charge is -2.19. The van der Waals surface area contributed by atoms with E-state index in [2.05, 4.69) is 32.8 Å². The highest BCUT2D eigenvalue weighted by molar-refractivity contribution is 14.1. The summed E-state index contributed by atoms with van der Waals surface area (Å²) in [5.41, 5.74) is 3.04. The molecule has 4 nitrogen and oxygen atoms in total. The molecule has 0 fully saturated rings. The second-order valence-corrected chi connectivity index (χ2v) is 6.87. The van der Waals surface area contributed by atoms with Crippen LogP contribution >= 0.6 is 22.6 Å². The molecule has 0 bridgehead atoms. The molecule has 5 heteroatoms. The summed E-state index contributed by atoms with van der Waals surface area (Å²) in [7, 11) is 3.71. The van der Waals surface area contributed by atoms with Gasteiger partial charge in [0.2, 0.25) is 0 Å². The van der Waals surface area contributed by atoms with Gasteiger partial charge in [-0.15, -0.1) is 0 Å². The van der Waals surface area contributed by atoms with Crippen molar-refractivity contribution in [1.29, 1.82) is 0 Å². The summed E-state index contributed by atoms with van der Waals surface area (Å²) in [5, 5.41) is 2.99. The molecular formula is C19H23IN2O2. The second-order valence-electron chi connectivity index (χ2n) is 5.71. The second kappa shape index (κ2) is 8.92. The van der Waals surface area contributed by atoms with Crippen molar-refractivity contribution in [2.45, 2.75) is 13.3 Å². The molecular weight excluding hydrogens is 415 g/mol. The van der Waals surface area contributed by atoms with Crippen LogP contribution in [0.4, 0.5) is 5.69 Å². The summed E-state index contributed by atoms with van der Waals surface area (Å²) < 4.78 is 6.15. The summed E-state index contributed by atoms with van der Waals surface area (Å²) in [6.45, 7) is 3.56. The van der Waals surface area contributed by atoms with Gasteiger partial charge in [0, 0.05) is 29.4 Å². The van der Waals surface area contributed by atoms with Crippen molar-refractivity contribution in [2.24, 2.45) is 0 Å². The molecule has 0 aliphatic rings. The molecule has 0 aliphatic heterocycles. The molecule has 0 atom stereocenters. The Labute approximate surface area is 157 Å². The standard InChI is InChI=1S/C19H23IN2O2/c1-14-5-10-17(18(20)13-14)19(23)21-11-4-12-22(2)15-6-8-16(24-3)9-7-15/h5-10,13H,4,11-12H2,1-3H3,(H,21,23). The van der Waals surface area contributed by atoms with Crippen LogP contribution in [-0.2, 0) is 0 Å². The van der Waals surface area contributed by atoms with Gasteiger partial charge >= 0.3 is 0 Å². The maximum atomic E-state index is 12.2. The molecule has 24 heavy (non-hydrogen) atoms. The number of nitrogens with zero attached hydrogens (tertiary/aromatic N) is 1. The van der Waals surface area contributed by atoms with Gasteiger partial charge in [0.15, 0.2) is 0 Å². The van der Waals surface area contributed by atoms with Crippen LogP contribution in [0, 0.1) is 10.5 Å². The van der Waals surface area contributed by atoms with E-state index in [1.165, 1.54) is 0 Å². The van der Waals surface area contributed by atoms with E-state index in [0.717, 1.165) is 39.1 Å². The van der Waals surface area contributed by atoms with E-state index in [1.54, 1.807) is 7.11 Å². The Bertz CT molecular complexity index is 686. The smallest absolute Gasteiger partial charge is 0.252 e. The number of rotatable bonds is 7. The molecule has 2 aromatic rings. The van der Waals surface area contributed by atoms with Gasteiger partial charge < -0.3 is 15.0 Å². The van der Waals surface area contributed by atoms with Gasteiger partial charge in [0.05, 0.1) is 12.7 Å². The number of amides is 1. The Morgan fingerprint density at radius 1 is 1.21 bits per heavy atom. The number of hydrogen-bond acceptors (Lipinski definition) is 3. The highest BCUT2D eigenvalue weighted by Gasteiger charge is 2.09. The van der Waals surface area contributed by atoms with Crippen LogP contribution in [-0.4, -0.2) is 33.2 Å². The monoisotopic (exact) mass is 438 g/mol. The minimum Gasteiger partial charge on any atom is -0.497 e. The number of carbonyl (C=O) groups is 1. The normalized spacial score (nSPS) is 10.3. The van der Waals surface area contributed by atoms with Crippen molar-refractivity contribution in [3.63, 3.8) is 0 Å². The predicted molar refractivity (Wildman–Crippen MR) is 107 cm³/mol. The molecule has 0 radical (unpaired) electrons. The van der Waals surface area contributed by atoms with E-state index in [0.29, 0.717) is 6.54 Å². The van der Waals surface area contributed by atoms with E-state index in [-0.39, 0.29) is 5.91 Å². The number of benzene rings is 2. The molecule has 1 amide bonds.